The number of halogens is 1. The monoisotopic (exact) mass is 528 g/mol. The average molecular weight is 529 g/mol. The molecular weight excluding hydrogens is 491 g/mol. The van der Waals surface area contributed by atoms with Crippen LogP contribution >= 0.6 is 0 Å². The number of benzene rings is 3. The lowest BCUT2D eigenvalue weighted by Crippen LogP contribution is -2.46. The van der Waals surface area contributed by atoms with E-state index in [-0.39, 0.29) is 17.4 Å². The van der Waals surface area contributed by atoms with Crippen molar-refractivity contribution >= 4 is 23.2 Å². The van der Waals surface area contributed by atoms with Gasteiger partial charge in [0.25, 0.3) is 11.8 Å². The van der Waals surface area contributed by atoms with E-state index in [0.29, 0.717) is 30.1 Å². The van der Waals surface area contributed by atoms with Crippen molar-refractivity contribution < 1.29 is 14.0 Å². The van der Waals surface area contributed by atoms with Gasteiger partial charge in [0, 0.05) is 56.2 Å². The number of hydrogen-bond acceptors (Lipinski definition) is 4. The molecular formula is C32H37FN4O2. The van der Waals surface area contributed by atoms with E-state index < -0.39 is 5.82 Å². The maximum atomic E-state index is 14.3. The standard InChI is InChI=1S/C32H37FN4O2/c1-3-35-19-21-36(22-20-35)28-13-9-26(10-14-28)31(38)34-27-11-7-24(8-12-27)25-15-17-37(18-16-25)32(39)30-23(2)5-4-6-29(30)33/h4-14,25H,3,15-22H2,1-2H3,(H,34,38). The summed E-state index contributed by atoms with van der Waals surface area (Å²) < 4.78 is 14.3. The van der Waals surface area contributed by atoms with Gasteiger partial charge in [0.05, 0.1) is 5.56 Å². The van der Waals surface area contributed by atoms with Crippen molar-refractivity contribution in [2.45, 2.75) is 32.6 Å². The van der Waals surface area contributed by atoms with Crippen LogP contribution in [0.4, 0.5) is 15.8 Å². The average Bonchev–Trinajstić information content (AvgIpc) is 2.97. The van der Waals surface area contributed by atoms with Gasteiger partial charge in [-0.2, -0.15) is 0 Å². The number of piperidine rings is 1. The number of likely N-dealkylation sites (tertiary alicyclic amines) is 1. The van der Waals surface area contributed by atoms with Crippen molar-refractivity contribution in [1.82, 2.24) is 9.80 Å². The van der Waals surface area contributed by atoms with E-state index in [2.05, 4.69) is 34.2 Å². The van der Waals surface area contributed by atoms with Gasteiger partial charge in [0.1, 0.15) is 5.82 Å². The minimum absolute atomic E-state index is 0.125. The first kappa shape index (κ1) is 26.9. The molecule has 3 aromatic rings. The summed E-state index contributed by atoms with van der Waals surface area (Å²) in [5.74, 6) is -0.483. The molecule has 0 saturated carbocycles. The minimum Gasteiger partial charge on any atom is -0.369 e. The Morgan fingerprint density at radius 3 is 2.15 bits per heavy atom. The molecule has 3 aromatic carbocycles. The number of piperazine rings is 1. The first-order valence-electron chi connectivity index (χ1n) is 14.0. The number of aryl methyl sites for hydroxylation is 1. The third-order valence-corrected chi connectivity index (χ3v) is 8.17. The molecule has 2 saturated heterocycles. The van der Waals surface area contributed by atoms with E-state index in [1.165, 1.54) is 11.6 Å². The maximum Gasteiger partial charge on any atom is 0.257 e. The molecule has 2 aliphatic heterocycles. The zero-order chi connectivity index (χ0) is 27.4. The van der Waals surface area contributed by atoms with E-state index in [9.17, 15) is 14.0 Å². The summed E-state index contributed by atoms with van der Waals surface area (Å²) in [7, 11) is 0. The SMILES string of the molecule is CCN1CCN(c2ccc(C(=O)Nc3ccc(C4CCN(C(=O)c5c(C)cccc5F)CC4)cc3)cc2)CC1. The maximum absolute atomic E-state index is 14.3. The Bertz CT molecular complexity index is 1270. The molecule has 2 heterocycles. The van der Waals surface area contributed by atoms with E-state index in [1.807, 2.05) is 36.4 Å². The molecule has 2 amide bonds. The summed E-state index contributed by atoms with van der Waals surface area (Å²) in [6.07, 6.45) is 1.65. The lowest BCUT2D eigenvalue weighted by atomic mass is 9.89. The number of rotatable bonds is 6. The lowest BCUT2D eigenvalue weighted by molar-refractivity contribution is 0.0707. The summed E-state index contributed by atoms with van der Waals surface area (Å²) in [5.41, 5.74) is 4.59. The summed E-state index contributed by atoms with van der Waals surface area (Å²) >= 11 is 0. The van der Waals surface area contributed by atoms with Gasteiger partial charge in [-0.1, -0.05) is 31.2 Å². The second kappa shape index (κ2) is 12.0. The van der Waals surface area contributed by atoms with E-state index in [1.54, 1.807) is 24.0 Å². The van der Waals surface area contributed by atoms with Gasteiger partial charge in [-0.25, -0.2) is 4.39 Å². The molecule has 0 atom stereocenters. The second-order valence-corrected chi connectivity index (χ2v) is 10.5. The van der Waals surface area contributed by atoms with Crippen LogP contribution in [-0.2, 0) is 0 Å². The molecule has 6 nitrogen and oxygen atoms in total. The molecule has 1 N–H and O–H groups in total. The third kappa shape index (κ3) is 6.14. The Morgan fingerprint density at radius 2 is 1.54 bits per heavy atom. The van der Waals surface area contributed by atoms with Crippen LogP contribution in [0.2, 0.25) is 0 Å². The van der Waals surface area contributed by atoms with Gasteiger partial charge in [-0.3, -0.25) is 9.59 Å². The number of hydrogen-bond donors (Lipinski definition) is 1. The van der Waals surface area contributed by atoms with Crippen LogP contribution in [0, 0.1) is 12.7 Å². The Labute approximate surface area is 230 Å². The molecule has 2 fully saturated rings. The summed E-state index contributed by atoms with van der Waals surface area (Å²) in [6, 6.07) is 20.6. The number of nitrogens with one attached hydrogen (secondary N) is 1. The molecule has 204 valence electrons. The first-order chi connectivity index (χ1) is 18.9. The van der Waals surface area contributed by atoms with Crippen LogP contribution in [-0.4, -0.2) is 67.4 Å². The van der Waals surface area contributed by atoms with Crippen molar-refractivity contribution in [3.05, 3.63) is 94.8 Å². The number of carbonyl (C=O) groups is 2. The quantitative estimate of drug-likeness (QED) is 0.456. The van der Waals surface area contributed by atoms with Crippen molar-refractivity contribution in [2.75, 3.05) is 56.0 Å². The Morgan fingerprint density at radius 1 is 0.872 bits per heavy atom. The number of anilines is 2. The molecule has 39 heavy (non-hydrogen) atoms. The zero-order valence-electron chi connectivity index (χ0n) is 22.8. The Balaban J connectivity index is 1.13. The molecule has 0 aliphatic carbocycles. The first-order valence-corrected chi connectivity index (χ1v) is 14.0. The molecule has 0 aromatic heterocycles. The molecule has 0 spiro atoms. The lowest BCUT2D eigenvalue weighted by Gasteiger charge is -2.35. The molecule has 0 unspecified atom stereocenters. The molecule has 0 bridgehead atoms. The van der Waals surface area contributed by atoms with E-state index >= 15 is 0 Å². The van der Waals surface area contributed by atoms with Crippen molar-refractivity contribution in [3.63, 3.8) is 0 Å². The highest BCUT2D eigenvalue weighted by Gasteiger charge is 2.27. The largest absolute Gasteiger partial charge is 0.369 e. The van der Waals surface area contributed by atoms with Crippen molar-refractivity contribution in [2.24, 2.45) is 0 Å². The highest BCUT2D eigenvalue weighted by molar-refractivity contribution is 6.04. The molecule has 2 aliphatic rings. The van der Waals surface area contributed by atoms with Gasteiger partial charge < -0.3 is 20.0 Å². The topological polar surface area (TPSA) is 55.9 Å². The predicted molar refractivity (Wildman–Crippen MR) is 154 cm³/mol. The van der Waals surface area contributed by atoms with Crippen LogP contribution in [0.15, 0.2) is 66.7 Å². The van der Waals surface area contributed by atoms with Crippen molar-refractivity contribution in [1.29, 1.82) is 0 Å². The van der Waals surface area contributed by atoms with Crippen LogP contribution in [0.1, 0.15) is 57.5 Å². The summed E-state index contributed by atoms with van der Waals surface area (Å²) in [6.45, 7) is 10.4. The fourth-order valence-electron chi connectivity index (χ4n) is 5.66. The highest BCUT2D eigenvalue weighted by Crippen LogP contribution is 2.30. The number of amides is 2. The predicted octanol–water partition coefficient (Wildman–Crippen LogP) is 5.55. The fraction of sp³-hybridized carbons (Fsp3) is 0.375. The van der Waals surface area contributed by atoms with Gasteiger partial charge >= 0.3 is 0 Å². The van der Waals surface area contributed by atoms with Gasteiger partial charge in [0.15, 0.2) is 0 Å². The van der Waals surface area contributed by atoms with Crippen LogP contribution in [0.3, 0.4) is 0 Å². The second-order valence-electron chi connectivity index (χ2n) is 10.5. The van der Waals surface area contributed by atoms with E-state index in [4.69, 9.17) is 0 Å². The van der Waals surface area contributed by atoms with Crippen LogP contribution in [0.25, 0.3) is 0 Å². The summed E-state index contributed by atoms with van der Waals surface area (Å²) in [4.78, 5) is 32.3. The normalized spacial score (nSPS) is 16.8. The molecule has 0 radical (unpaired) electrons. The molecule has 7 heteroatoms. The minimum atomic E-state index is -0.457. The number of likely N-dealkylation sites (N-methyl/N-ethyl adjacent to an activating group) is 1. The van der Waals surface area contributed by atoms with Crippen LogP contribution < -0.4 is 10.2 Å². The van der Waals surface area contributed by atoms with Crippen LogP contribution in [0.5, 0.6) is 0 Å². The van der Waals surface area contributed by atoms with Gasteiger partial charge in [0.2, 0.25) is 0 Å². The third-order valence-electron chi connectivity index (χ3n) is 8.17. The Hall–Kier alpha value is -3.71. The Kier molecular flexibility index (Phi) is 8.27. The number of carbonyl (C=O) groups excluding carboxylic acids is 2. The number of nitrogens with zero attached hydrogens (tertiary/aromatic N) is 3. The smallest absolute Gasteiger partial charge is 0.257 e. The van der Waals surface area contributed by atoms with E-state index in [0.717, 1.165) is 56.9 Å². The van der Waals surface area contributed by atoms with Crippen molar-refractivity contribution in [3.8, 4) is 0 Å². The fourth-order valence-corrected chi connectivity index (χ4v) is 5.66. The zero-order valence-corrected chi connectivity index (χ0v) is 22.8. The van der Waals surface area contributed by atoms with Gasteiger partial charge in [-0.05, 0) is 85.8 Å². The molecule has 5 rings (SSSR count). The van der Waals surface area contributed by atoms with Gasteiger partial charge in [-0.15, -0.1) is 0 Å². The summed E-state index contributed by atoms with van der Waals surface area (Å²) in [5, 5.41) is 3.00. The highest BCUT2D eigenvalue weighted by atomic mass is 19.1.